The molecule has 21 heavy (non-hydrogen) atoms. The molecule has 2 aromatic rings. The van der Waals surface area contributed by atoms with Crippen molar-refractivity contribution in [2.45, 2.75) is 19.8 Å². The number of nitrogens with one attached hydrogen (secondary N) is 1. The van der Waals surface area contributed by atoms with Crippen LogP contribution in [-0.4, -0.2) is 19.0 Å². The molecule has 2 rings (SSSR count). The monoisotopic (exact) mass is 303 g/mol. The molecule has 0 aliphatic heterocycles. The van der Waals surface area contributed by atoms with Gasteiger partial charge in [0.25, 0.3) is 0 Å². The molecule has 1 heterocycles. The molecule has 1 aromatic heterocycles. The van der Waals surface area contributed by atoms with Crippen molar-refractivity contribution in [1.82, 2.24) is 0 Å². The lowest BCUT2D eigenvalue weighted by atomic mass is 9.99. The Hall–Kier alpha value is -2.14. The summed E-state index contributed by atoms with van der Waals surface area (Å²) in [6.45, 7) is 3.86. The molecule has 1 aromatic carbocycles. The van der Waals surface area contributed by atoms with E-state index in [0.717, 1.165) is 11.1 Å². The lowest BCUT2D eigenvalue weighted by Crippen LogP contribution is -2.18. The Morgan fingerprint density at radius 3 is 2.67 bits per heavy atom. The van der Waals surface area contributed by atoms with Crippen molar-refractivity contribution >= 4 is 28.2 Å². The smallest absolute Gasteiger partial charge is 0.348 e. The largest absolute Gasteiger partial charge is 0.465 e. The molecule has 1 N–H and O–H groups in total. The summed E-state index contributed by atoms with van der Waals surface area (Å²) in [6, 6.07) is 11.2. The van der Waals surface area contributed by atoms with Crippen molar-refractivity contribution in [3.63, 3.8) is 0 Å². The summed E-state index contributed by atoms with van der Waals surface area (Å²) in [6.07, 6.45) is 0. The van der Waals surface area contributed by atoms with Crippen LogP contribution in [0.2, 0.25) is 0 Å². The van der Waals surface area contributed by atoms with Gasteiger partial charge in [0.05, 0.1) is 18.0 Å². The van der Waals surface area contributed by atoms with E-state index in [0.29, 0.717) is 9.88 Å². The predicted octanol–water partition coefficient (Wildman–Crippen LogP) is 3.59. The van der Waals surface area contributed by atoms with Gasteiger partial charge in [-0.15, -0.1) is 11.3 Å². The molecule has 1 amide bonds. The third-order valence-corrected chi connectivity index (χ3v) is 4.16. The molecule has 0 bridgehead atoms. The first-order valence-corrected chi connectivity index (χ1v) is 7.38. The zero-order chi connectivity index (χ0) is 15.4. The van der Waals surface area contributed by atoms with Crippen LogP contribution in [0.5, 0.6) is 0 Å². The minimum Gasteiger partial charge on any atom is -0.465 e. The van der Waals surface area contributed by atoms with Crippen LogP contribution in [0, 0.1) is 6.92 Å². The highest BCUT2D eigenvalue weighted by molar-refractivity contribution is 7.18. The summed E-state index contributed by atoms with van der Waals surface area (Å²) < 4.78 is 4.64. The van der Waals surface area contributed by atoms with Gasteiger partial charge in [0.15, 0.2) is 0 Å². The summed E-state index contributed by atoms with van der Waals surface area (Å²) in [5.74, 6) is -0.750. The predicted molar refractivity (Wildman–Crippen MR) is 83.9 cm³/mol. The Morgan fingerprint density at radius 1 is 1.24 bits per heavy atom. The van der Waals surface area contributed by atoms with Crippen molar-refractivity contribution in [1.29, 1.82) is 0 Å². The van der Waals surface area contributed by atoms with Crippen LogP contribution >= 0.6 is 11.3 Å². The molecule has 1 unspecified atom stereocenters. The van der Waals surface area contributed by atoms with Gasteiger partial charge in [-0.25, -0.2) is 4.79 Å². The zero-order valence-corrected chi connectivity index (χ0v) is 13.0. The summed E-state index contributed by atoms with van der Waals surface area (Å²) in [7, 11) is 1.33. The zero-order valence-electron chi connectivity index (χ0n) is 12.2. The summed E-state index contributed by atoms with van der Waals surface area (Å²) >= 11 is 1.20. The number of thiophene rings is 1. The highest BCUT2D eigenvalue weighted by atomic mass is 32.1. The maximum absolute atomic E-state index is 12.3. The van der Waals surface area contributed by atoms with Gasteiger partial charge in [0, 0.05) is 0 Å². The lowest BCUT2D eigenvalue weighted by molar-refractivity contribution is -0.117. The molecule has 0 spiro atoms. The van der Waals surface area contributed by atoms with E-state index in [4.69, 9.17) is 0 Å². The number of benzene rings is 1. The first-order valence-electron chi connectivity index (χ1n) is 6.57. The van der Waals surface area contributed by atoms with E-state index >= 15 is 0 Å². The number of methoxy groups -OCH3 is 1. The fraction of sp³-hybridized carbons (Fsp3) is 0.250. The van der Waals surface area contributed by atoms with Crippen LogP contribution in [0.4, 0.5) is 5.00 Å². The molecule has 0 fully saturated rings. The first-order chi connectivity index (χ1) is 10.0. The Balaban J connectivity index is 2.07. The van der Waals surface area contributed by atoms with Crippen LogP contribution in [0.1, 0.15) is 33.6 Å². The summed E-state index contributed by atoms with van der Waals surface area (Å²) in [5, 5.41) is 3.47. The summed E-state index contributed by atoms with van der Waals surface area (Å²) in [5.41, 5.74) is 2.09. The Morgan fingerprint density at radius 2 is 2.00 bits per heavy atom. The second kappa shape index (κ2) is 6.54. The van der Waals surface area contributed by atoms with E-state index in [2.05, 4.69) is 10.1 Å². The van der Waals surface area contributed by atoms with Crippen LogP contribution in [-0.2, 0) is 9.53 Å². The molecule has 0 radical (unpaired) electrons. The maximum Gasteiger partial charge on any atom is 0.348 e. The second-order valence-electron chi connectivity index (χ2n) is 4.78. The molecule has 4 nitrogen and oxygen atoms in total. The van der Waals surface area contributed by atoms with E-state index in [1.807, 2.05) is 38.1 Å². The van der Waals surface area contributed by atoms with E-state index < -0.39 is 5.97 Å². The number of hydrogen-bond acceptors (Lipinski definition) is 4. The topological polar surface area (TPSA) is 55.4 Å². The van der Waals surface area contributed by atoms with Crippen molar-refractivity contribution in [2.75, 3.05) is 12.4 Å². The molecule has 110 valence electrons. The van der Waals surface area contributed by atoms with Crippen LogP contribution < -0.4 is 5.32 Å². The third kappa shape index (κ3) is 3.70. The van der Waals surface area contributed by atoms with Crippen LogP contribution in [0.25, 0.3) is 0 Å². The van der Waals surface area contributed by atoms with Crippen LogP contribution in [0.3, 0.4) is 0 Å². The molecular formula is C16H17NO3S. The summed E-state index contributed by atoms with van der Waals surface area (Å²) in [4.78, 5) is 24.1. The van der Waals surface area contributed by atoms with Gasteiger partial charge in [-0.05, 0) is 31.5 Å². The Bertz CT molecular complexity index is 663. The van der Waals surface area contributed by atoms with E-state index in [9.17, 15) is 9.59 Å². The number of anilines is 1. The average Bonchev–Trinajstić information content (AvgIpc) is 2.94. The number of ether oxygens (including phenoxy) is 1. The number of esters is 1. The number of aryl methyl sites for hydroxylation is 1. The van der Waals surface area contributed by atoms with Crippen molar-refractivity contribution in [3.05, 3.63) is 52.4 Å². The number of carbonyl (C=O) groups excluding carboxylic acids is 2. The van der Waals surface area contributed by atoms with Crippen molar-refractivity contribution < 1.29 is 14.3 Å². The molecule has 0 saturated heterocycles. The Kier molecular flexibility index (Phi) is 4.75. The average molecular weight is 303 g/mol. The molecule has 0 aliphatic rings. The van der Waals surface area contributed by atoms with E-state index in [-0.39, 0.29) is 11.8 Å². The minimum absolute atomic E-state index is 0.0983. The molecular weight excluding hydrogens is 286 g/mol. The second-order valence-corrected chi connectivity index (χ2v) is 5.86. The highest BCUT2D eigenvalue weighted by Crippen LogP contribution is 2.25. The number of amides is 1. The molecule has 0 aliphatic carbocycles. The normalized spacial score (nSPS) is 11.8. The maximum atomic E-state index is 12.3. The fourth-order valence-corrected chi connectivity index (χ4v) is 2.76. The van der Waals surface area contributed by atoms with Gasteiger partial charge in [-0.2, -0.15) is 0 Å². The molecule has 5 heteroatoms. The first kappa shape index (κ1) is 15.3. The fourth-order valence-electron chi connectivity index (χ4n) is 1.94. The van der Waals surface area contributed by atoms with Gasteiger partial charge < -0.3 is 10.1 Å². The van der Waals surface area contributed by atoms with Crippen molar-refractivity contribution in [3.8, 4) is 0 Å². The Labute approximate surface area is 127 Å². The highest BCUT2D eigenvalue weighted by Gasteiger charge is 2.17. The number of rotatable bonds is 4. The van der Waals surface area contributed by atoms with E-state index in [1.165, 1.54) is 18.4 Å². The van der Waals surface area contributed by atoms with Crippen LogP contribution in [0.15, 0.2) is 36.4 Å². The standard InChI is InChI=1S/C16H17NO3S/c1-10-5-4-6-12(9-10)11(2)15(18)17-14-8-7-13(21-14)16(19)20-3/h4-9,11H,1-3H3,(H,17,18). The SMILES string of the molecule is COC(=O)c1ccc(NC(=O)C(C)c2cccc(C)c2)s1. The van der Waals surface area contributed by atoms with Gasteiger partial charge in [0.1, 0.15) is 4.88 Å². The van der Waals surface area contributed by atoms with Gasteiger partial charge >= 0.3 is 5.97 Å². The lowest BCUT2D eigenvalue weighted by Gasteiger charge is -2.12. The van der Waals surface area contributed by atoms with Gasteiger partial charge in [-0.1, -0.05) is 29.8 Å². The van der Waals surface area contributed by atoms with Gasteiger partial charge in [-0.3, -0.25) is 4.79 Å². The number of hydrogen-bond donors (Lipinski definition) is 1. The number of carbonyl (C=O) groups is 2. The van der Waals surface area contributed by atoms with Gasteiger partial charge in [0.2, 0.25) is 5.91 Å². The minimum atomic E-state index is -0.396. The van der Waals surface area contributed by atoms with Crippen molar-refractivity contribution in [2.24, 2.45) is 0 Å². The van der Waals surface area contributed by atoms with E-state index in [1.54, 1.807) is 12.1 Å². The quantitative estimate of drug-likeness (QED) is 0.878. The molecule has 1 atom stereocenters. The third-order valence-electron chi connectivity index (χ3n) is 3.17. The molecule has 0 saturated carbocycles.